The van der Waals surface area contributed by atoms with Gasteiger partial charge in [0.15, 0.2) is 0 Å². The van der Waals surface area contributed by atoms with Crippen molar-refractivity contribution in [1.82, 2.24) is 25.0 Å². The van der Waals surface area contributed by atoms with E-state index in [2.05, 4.69) is 20.3 Å². The summed E-state index contributed by atoms with van der Waals surface area (Å²) in [4.78, 5) is 19.9. The summed E-state index contributed by atoms with van der Waals surface area (Å²) in [5.41, 5.74) is 2.76. The van der Waals surface area contributed by atoms with Gasteiger partial charge in [0.2, 0.25) is 5.95 Å². The number of nitrogens with zero attached hydrogens (tertiary/aromatic N) is 5. The molecular formula is C19H21FN6O. The Kier molecular flexibility index (Phi) is 4.62. The molecule has 3 aromatic rings. The third kappa shape index (κ3) is 3.69. The molecule has 0 aliphatic carbocycles. The average molecular weight is 368 g/mol. The Labute approximate surface area is 156 Å². The van der Waals surface area contributed by atoms with Gasteiger partial charge in [-0.2, -0.15) is 9.49 Å². The highest BCUT2D eigenvalue weighted by Gasteiger charge is 2.21. The lowest BCUT2D eigenvalue weighted by atomic mass is 10.1. The zero-order chi connectivity index (χ0) is 18.8. The molecular weight excluding hydrogens is 347 g/mol. The molecule has 2 amide bonds. The minimum atomic E-state index is -0.489. The Morgan fingerprint density at radius 3 is 2.81 bits per heavy atom. The molecule has 1 aliphatic rings. The fourth-order valence-corrected chi connectivity index (χ4v) is 3.41. The molecule has 4 rings (SSSR count). The molecule has 1 aliphatic heterocycles. The maximum atomic E-state index is 13.3. The van der Waals surface area contributed by atoms with Crippen molar-refractivity contribution < 1.29 is 9.18 Å². The number of pyridine rings is 1. The van der Waals surface area contributed by atoms with Gasteiger partial charge >= 0.3 is 6.03 Å². The van der Waals surface area contributed by atoms with E-state index in [1.807, 2.05) is 31.4 Å². The topological polar surface area (TPSA) is 66.3 Å². The summed E-state index contributed by atoms with van der Waals surface area (Å²) in [5, 5.41) is 8.43. The molecule has 140 valence electrons. The van der Waals surface area contributed by atoms with Gasteiger partial charge in [0, 0.05) is 69.3 Å². The van der Waals surface area contributed by atoms with E-state index in [9.17, 15) is 9.18 Å². The number of benzene rings is 1. The zero-order valence-electron chi connectivity index (χ0n) is 15.1. The highest BCUT2D eigenvalue weighted by molar-refractivity contribution is 5.82. The smallest absolute Gasteiger partial charge is 0.317 e. The Balaban J connectivity index is 1.34. The van der Waals surface area contributed by atoms with Crippen LogP contribution in [0.15, 0.2) is 42.7 Å². The van der Waals surface area contributed by atoms with Gasteiger partial charge in [-0.25, -0.2) is 9.78 Å². The van der Waals surface area contributed by atoms with Crippen molar-refractivity contribution in [2.45, 2.75) is 6.54 Å². The average Bonchev–Trinajstić information content (AvgIpc) is 3.07. The van der Waals surface area contributed by atoms with E-state index in [4.69, 9.17) is 0 Å². The first kappa shape index (κ1) is 17.3. The van der Waals surface area contributed by atoms with Gasteiger partial charge in [0.1, 0.15) is 0 Å². The normalized spacial score (nSPS) is 14.6. The molecule has 0 spiro atoms. The number of carbonyl (C=O) groups excluding carboxylic acids is 1. The molecule has 1 N–H and O–H groups in total. The fraction of sp³-hybridized carbons (Fsp3) is 0.316. The van der Waals surface area contributed by atoms with Crippen molar-refractivity contribution >= 4 is 22.6 Å². The van der Waals surface area contributed by atoms with Gasteiger partial charge < -0.3 is 15.1 Å². The Morgan fingerprint density at radius 1 is 1.22 bits per heavy atom. The van der Waals surface area contributed by atoms with Gasteiger partial charge in [0.25, 0.3) is 0 Å². The molecule has 0 bridgehead atoms. The van der Waals surface area contributed by atoms with E-state index in [-0.39, 0.29) is 6.03 Å². The van der Waals surface area contributed by atoms with Crippen LogP contribution in [-0.2, 0) is 13.6 Å². The minimum Gasteiger partial charge on any atom is -0.368 e. The van der Waals surface area contributed by atoms with Gasteiger partial charge in [-0.3, -0.25) is 4.68 Å². The number of fused-ring (bicyclic) bond motifs is 1. The number of hydrogen-bond acceptors (Lipinski definition) is 4. The molecule has 0 unspecified atom stereocenters. The predicted molar refractivity (Wildman–Crippen MR) is 101 cm³/mol. The van der Waals surface area contributed by atoms with Crippen molar-refractivity contribution in [3.05, 3.63) is 54.2 Å². The predicted octanol–water partition coefficient (Wildman–Crippen LogP) is 2.14. The lowest BCUT2D eigenvalue weighted by molar-refractivity contribution is 0.194. The van der Waals surface area contributed by atoms with Crippen molar-refractivity contribution in [3.8, 4) is 0 Å². The van der Waals surface area contributed by atoms with Crippen LogP contribution < -0.4 is 10.2 Å². The van der Waals surface area contributed by atoms with Gasteiger partial charge in [0.05, 0.1) is 5.52 Å². The van der Waals surface area contributed by atoms with Gasteiger partial charge in [-0.15, -0.1) is 0 Å². The lowest BCUT2D eigenvalue weighted by Crippen LogP contribution is -2.51. The molecule has 1 aromatic carbocycles. The second-order valence-electron chi connectivity index (χ2n) is 6.62. The quantitative estimate of drug-likeness (QED) is 0.720. The van der Waals surface area contributed by atoms with Gasteiger partial charge in [-0.05, 0) is 17.7 Å². The zero-order valence-corrected chi connectivity index (χ0v) is 15.1. The van der Waals surface area contributed by atoms with Crippen LogP contribution in [0.1, 0.15) is 5.56 Å². The largest absolute Gasteiger partial charge is 0.368 e. The number of aromatic nitrogens is 3. The number of halogens is 1. The van der Waals surface area contributed by atoms with E-state index >= 15 is 0 Å². The Bertz CT molecular complexity index is 964. The molecule has 8 heteroatoms. The second-order valence-corrected chi connectivity index (χ2v) is 6.62. The Morgan fingerprint density at radius 2 is 2.04 bits per heavy atom. The van der Waals surface area contributed by atoms with Crippen LogP contribution in [0.3, 0.4) is 0 Å². The summed E-state index contributed by atoms with van der Waals surface area (Å²) in [7, 11) is 1.89. The number of amides is 2. The summed E-state index contributed by atoms with van der Waals surface area (Å²) >= 11 is 0. The molecule has 7 nitrogen and oxygen atoms in total. The SMILES string of the molecule is Cn1cc2c(CNC(=O)N3CCN(c4ccnc(F)c4)CC3)cccc2n1. The van der Waals surface area contributed by atoms with Crippen LogP contribution in [0.4, 0.5) is 14.9 Å². The number of aryl methyl sites for hydroxylation is 1. The van der Waals surface area contributed by atoms with Crippen molar-refractivity contribution in [3.63, 3.8) is 0 Å². The molecule has 2 aromatic heterocycles. The third-order valence-corrected chi connectivity index (χ3v) is 4.83. The standard InChI is InChI=1S/C19H21FN6O/c1-24-13-16-14(3-2-4-17(16)23-24)12-22-19(27)26-9-7-25(8-10-26)15-5-6-21-18(20)11-15/h2-6,11,13H,7-10,12H2,1H3,(H,22,27). The van der Waals surface area contributed by atoms with Crippen LogP contribution in [0.5, 0.6) is 0 Å². The van der Waals surface area contributed by atoms with Crippen LogP contribution in [0.2, 0.25) is 0 Å². The van der Waals surface area contributed by atoms with Crippen molar-refractivity contribution in [2.75, 3.05) is 31.1 Å². The first-order valence-corrected chi connectivity index (χ1v) is 8.91. The molecule has 3 heterocycles. The highest BCUT2D eigenvalue weighted by Crippen LogP contribution is 2.18. The summed E-state index contributed by atoms with van der Waals surface area (Å²) in [6.45, 7) is 2.96. The summed E-state index contributed by atoms with van der Waals surface area (Å²) < 4.78 is 15.1. The van der Waals surface area contributed by atoms with E-state index in [0.717, 1.165) is 22.2 Å². The highest BCUT2D eigenvalue weighted by atomic mass is 19.1. The van der Waals surface area contributed by atoms with Crippen molar-refractivity contribution in [1.29, 1.82) is 0 Å². The maximum absolute atomic E-state index is 13.3. The van der Waals surface area contributed by atoms with E-state index in [1.54, 1.807) is 15.6 Å². The number of nitrogens with one attached hydrogen (secondary N) is 1. The minimum absolute atomic E-state index is 0.0866. The molecule has 1 saturated heterocycles. The first-order valence-electron chi connectivity index (χ1n) is 8.91. The first-order chi connectivity index (χ1) is 13.1. The number of hydrogen-bond donors (Lipinski definition) is 1. The summed E-state index contributed by atoms with van der Waals surface area (Å²) in [5.74, 6) is -0.489. The molecule has 0 atom stereocenters. The molecule has 0 saturated carbocycles. The van der Waals surface area contributed by atoms with Crippen LogP contribution in [0, 0.1) is 5.95 Å². The molecule has 0 radical (unpaired) electrons. The number of piperazine rings is 1. The van der Waals surface area contributed by atoms with E-state index in [1.165, 1.54) is 12.3 Å². The van der Waals surface area contributed by atoms with Crippen LogP contribution in [-0.4, -0.2) is 51.9 Å². The molecule has 27 heavy (non-hydrogen) atoms. The van der Waals surface area contributed by atoms with Gasteiger partial charge in [-0.1, -0.05) is 12.1 Å². The van der Waals surface area contributed by atoms with E-state index in [0.29, 0.717) is 32.7 Å². The second kappa shape index (κ2) is 7.22. The van der Waals surface area contributed by atoms with E-state index < -0.39 is 5.95 Å². The van der Waals surface area contributed by atoms with Crippen LogP contribution >= 0.6 is 0 Å². The third-order valence-electron chi connectivity index (χ3n) is 4.83. The Hall–Kier alpha value is -3.16. The lowest BCUT2D eigenvalue weighted by Gasteiger charge is -2.36. The number of rotatable bonds is 3. The molecule has 1 fully saturated rings. The monoisotopic (exact) mass is 368 g/mol. The number of anilines is 1. The fourth-order valence-electron chi connectivity index (χ4n) is 3.41. The number of urea groups is 1. The van der Waals surface area contributed by atoms with Crippen LogP contribution in [0.25, 0.3) is 10.9 Å². The maximum Gasteiger partial charge on any atom is 0.317 e. The van der Waals surface area contributed by atoms with Crippen molar-refractivity contribution in [2.24, 2.45) is 7.05 Å². The number of carbonyl (C=O) groups is 1. The summed E-state index contributed by atoms with van der Waals surface area (Å²) in [6.07, 6.45) is 3.42. The summed E-state index contributed by atoms with van der Waals surface area (Å²) in [6, 6.07) is 9.03.